The van der Waals surface area contributed by atoms with Gasteiger partial charge in [0, 0.05) is 23.1 Å². The Morgan fingerprint density at radius 3 is 2.57 bits per heavy atom. The van der Waals surface area contributed by atoms with Crippen LogP contribution in [-0.4, -0.2) is 22.2 Å². The predicted octanol–water partition coefficient (Wildman–Crippen LogP) is 3.74. The molecule has 112 valence electrons. The second-order valence-electron chi connectivity index (χ2n) is 4.82. The molecule has 4 nitrogen and oxygen atoms in total. The van der Waals surface area contributed by atoms with Crippen molar-refractivity contribution < 1.29 is 4.79 Å². The molecule has 0 saturated heterocycles. The van der Waals surface area contributed by atoms with Gasteiger partial charge in [-0.05, 0) is 44.5 Å². The van der Waals surface area contributed by atoms with Crippen molar-refractivity contribution in [3.8, 4) is 0 Å². The van der Waals surface area contributed by atoms with Crippen LogP contribution in [0.1, 0.15) is 28.2 Å². The standard InChI is InChI=1S/C15H17BrClN3O/c1-10-14(17)11(2)20(19-10)9-3-8-18-15(21)12-4-6-13(16)7-5-12/h4-7H,3,8-9H2,1-2H3,(H,18,21). The van der Waals surface area contributed by atoms with Gasteiger partial charge in [0.15, 0.2) is 0 Å². The summed E-state index contributed by atoms with van der Waals surface area (Å²) in [6.45, 7) is 5.18. The summed E-state index contributed by atoms with van der Waals surface area (Å²) in [6, 6.07) is 7.29. The fourth-order valence-electron chi connectivity index (χ4n) is 2.03. The first-order valence-corrected chi connectivity index (χ1v) is 7.89. The number of hydrogen-bond donors (Lipinski definition) is 1. The molecule has 2 rings (SSSR count). The van der Waals surface area contributed by atoms with E-state index in [0.717, 1.165) is 28.8 Å². The summed E-state index contributed by atoms with van der Waals surface area (Å²) in [5.74, 6) is -0.0612. The highest BCUT2D eigenvalue weighted by Gasteiger charge is 2.09. The van der Waals surface area contributed by atoms with Crippen molar-refractivity contribution in [1.29, 1.82) is 0 Å². The number of nitrogens with zero attached hydrogens (tertiary/aromatic N) is 2. The zero-order valence-electron chi connectivity index (χ0n) is 12.0. The second kappa shape index (κ2) is 7.09. The van der Waals surface area contributed by atoms with Crippen LogP contribution in [0.4, 0.5) is 0 Å². The molecule has 0 bridgehead atoms. The maximum absolute atomic E-state index is 11.9. The normalized spacial score (nSPS) is 10.7. The van der Waals surface area contributed by atoms with Crippen LogP contribution in [0.25, 0.3) is 0 Å². The van der Waals surface area contributed by atoms with Gasteiger partial charge in [0.05, 0.1) is 16.4 Å². The lowest BCUT2D eigenvalue weighted by molar-refractivity contribution is 0.0952. The van der Waals surface area contributed by atoms with Crippen molar-refractivity contribution in [3.05, 3.63) is 50.7 Å². The molecule has 0 saturated carbocycles. The minimum Gasteiger partial charge on any atom is -0.352 e. The molecule has 0 aliphatic heterocycles. The van der Waals surface area contributed by atoms with Crippen LogP contribution >= 0.6 is 27.5 Å². The Morgan fingerprint density at radius 1 is 1.33 bits per heavy atom. The van der Waals surface area contributed by atoms with Gasteiger partial charge >= 0.3 is 0 Å². The Labute approximate surface area is 137 Å². The molecule has 6 heteroatoms. The predicted molar refractivity (Wildman–Crippen MR) is 87.8 cm³/mol. The Hall–Kier alpha value is -1.33. The van der Waals surface area contributed by atoms with Gasteiger partial charge in [-0.25, -0.2) is 0 Å². The highest BCUT2D eigenvalue weighted by atomic mass is 79.9. The highest BCUT2D eigenvalue weighted by molar-refractivity contribution is 9.10. The Morgan fingerprint density at radius 2 is 2.00 bits per heavy atom. The molecule has 1 heterocycles. The number of nitrogens with one attached hydrogen (secondary N) is 1. The van der Waals surface area contributed by atoms with Crippen molar-refractivity contribution >= 4 is 33.4 Å². The van der Waals surface area contributed by atoms with Crippen LogP contribution in [0.5, 0.6) is 0 Å². The summed E-state index contributed by atoms with van der Waals surface area (Å²) in [5.41, 5.74) is 2.47. The van der Waals surface area contributed by atoms with Crippen LogP contribution in [0.3, 0.4) is 0 Å². The Bertz CT molecular complexity index is 637. The SMILES string of the molecule is Cc1nn(CCCNC(=O)c2ccc(Br)cc2)c(C)c1Cl. The molecule has 21 heavy (non-hydrogen) atoms. The van der Waals surface area contributed by atoms with Gasteiger partial charge in [-0.2, -0.15) is 5.10 Å². The highest BCUT2D eigenvalue weighted by Crippen LogP contribution is 2.18. The summed E-state index contributed by atoms with van der Waals surface area (Å²) < 4.78 is 2.84. The number of carbonyl (C=O) groups is 1. The van der Waals surface area contributed by atoms with E-state index in [1.807, 2.05) is 30.7 Å². The number of halogens is 2. The van der Waals surface area contributed by atoms with Crippen molar-refractivity contribution in [3.63, 3.8) is 0 Å². The first kappa shape index (κ1) is 16.0. The van der Waals surface area contributed by atoms with E-state index in [4.69, 9.17) is 11.6 Å². The number of carbonyl (C=O) groups excluding carboxylic acids is 1. The van der Waals surface area contributed by atoms with Gasteiger partial charge in [0.1, 0.15) is 0 Å². The van der Waals surface area contributed by atoms with Crippen molar-refractivity contribution in [2.24, 2.45) is 0 Å². The van der Waals surface area contributed by atoms with E-state index in [9.17, 15) is 4.79 Å². The molecule has 0 fully saturated rings. The molecule has 0 unspecified atom stereocenters. The van der Waals surface area contributed by atoms with E-state index >= 15 is 0 Å². The summed E-state index contributed by atoms with van der Waals surface area (Å²) in [7, 11) is 0. The summed E-state index contributed by atoms with van der Waals surface area (Å²) in [4.78, 5) is 11.9. The average Bonchev–Trinajstić information content (AvgIpc) is 2.71. The Balaban J connectivity index is 1.80. The van der Waals surface area contributed by atoms with Gasteiger partial charge in [0.2, 0.25) is 0 Å². The van der Waals surface area contributed by atoms with Crippen LogP contribution in [0, 0.1) is 13.8 Å². The molecule has 0 spiro atoms. The van der Waals surface area contributed by atoms with Crippen LogP contribution < -0.4 is 5.32 Å². The summed E-state index contributed by atoms with van der Waals surface area (Å²) >= 11 is 9.44. The smallest absolute Gasteiger partial charge is 0.251 e. The molecule has 0 aliphatic rings. The van der Waals surface area contributed by atoms with Crippen LogP contribution in [0.15, 0.2) is 28.7 Å². The van der Waals surface area contributed by atoms with Gasteiger partial charge in [0.25, 0.3) is 5.91 Å². The molecular formula is C15H17BrClN3O. The Kier molecular flexibility index (Phi) is 5.42. The van der Waals surface area contributed by atoms with E-state index in [0.29, 0.717) is 17.1 Å². The maximum atomic E-state index is 11.9. The first-order valence-electron chi connectivity index (χ1n) is 6.72. The monoisotopic (exact) mass is 369 g/mol. The minimum absolute atomic E-state index is 0.0612. The average molecular weight is 371 g/mol. The zero-order valence-corrected chi connectivity index (χ0v) is 14.3. The van der Waals surface area contributed by atoms with Crippen molar-refractivity contribution in [2.75, 3.05) is 6.54 Å². The number of hydrogen-bond acceptors (Lipinski definition) is 2. The van der Waals surface area contributed by atoms with Gasteiger partial charge < -0.3 is 5.32 Å². The molecule has 0 atom stereocenters. The topological polar surface area (TPSA) is 46.9 Å². The molecular weight excluding hydrogens is 354 g/mol. The van der Waals surface area contributed by atoms with Crippen LogP contribution in [0.2, 0.25) is 5.02 Å². The van der Waals surface area contributed by atoms with Gasteiger partial charge in [-0.3, -0.25) is 9.48 Å². The zero-order chi connectivity index (χ0) is 15.4. The van der Waals surface area contributed by atoms with E-state index in [1.165, 1.54) is 0 Å². The number of amides is 1. The second-order valence-corrected chi connectivity index (χ2v) is 6.12. The third-order valence-corrected chi connectivity index (χ3v) is 4.31. The summed E-state index contributed by atoms with van der Waals surface area (Å²) in [6.07, 6.45) is 0.806. The molecule has 0 aliphatic carbocycles. The third-order valence-electron chi connectivity index (χ3n) is 3.23. The van der Waals surface area contributed by atoms with Gasteiger partial charge in [-0.15, -0.1) is 0 Å². The molecule has 0 radical (unpaired) electrons. The maximum Gasteiger partial charge on any atom is 0.251 e. The lowest BCUT2D eigenvalue weighted by Gasteiger charge is -2.07. The number of benzene rings is 1. The van der Waals surface area contributed by atoms with E-state index in [2.05, 4.69) is 26.3 Å². The van der Waals surface area contributed by atoms with Crippen molar-refractivity contribution in [2.45, 2.75) is 26.8 Å². The molecule has 1 aromatic carbocycles. The van der Waals surface area contributed by atoms with E-state index in [-0.39, 0.29) is 5.91 Å². The van der Waals surface area contributed by atoms with Crippen molar-refractivity contribution in [1.82, 2.24) is 15.1 Å². The van der Waals surface area contributed by atoms with Crippen LogP contribution in [-0.2, 0) is 6.54 Å². The largest absolute Gasteiger partial charge is 0.352 e. The summed E-state index contributed by atoms with van der Waals surface area (Å²) in [5, 5.41) is 7.98. The first-order chi connectivity index (χ1) is 9.99. The fourth-order valence-corrected chi connectivity index (χ4v) is 2.43. The number of rotatable bonds is 5. The quantitative estimate of drug-likeness (QED) is 0.815. The molecule has 1 N–H and O–H groups in total. The van der Waals surface area contributed by atoms with E-state index in [1.54, 1.807) is 12.1 Å². The molecule has 1 amide bonds. The lowest BCUT2D eigenvalue weighted by atomic mass is 10.2. The lowest BCUT2D eigenvalue weighted by Crippen LogP contribution is -2.25. The molecule has 2 aromatic rings. The number of aromatic nitrogens is 2. The number of aryl methyl sites for hydroxylation is 2. The third kappa shape index (κ3) is 4.08. The van der Waals surface area contributed by atoms with E-state index < -0.39 is 0 Å². The molecule has 1 aromatic heterocycles. The van der Waals surface area contributed by atoms with Gasteiger partial charge in [-0.1, -0.05) is 27.5 Å². The minimum atomic E-state index is -0.0612. The fraction of sp³-hybridized carbons (Fsp3) is 0.333.